The van der Waals surface area contributed by atoms with Gasteiger partial charge < -0.3 is 5.73 Å². The summed E-state index contributed by atoms with van der Waals surface area (Å²) < 4.78 is 1.96. The highest BCUT2D eigenvalue weighted by Crippen LogP contribution is 2.29. The van der Waals surface area contributed by atoms with Crippen LogP contribution in [0, 0.1) is 0 Å². The summed E-state index contributed by atoms with van der Waals surface area (Å²) in [5.41, 5.74) is 10.2. The molecule has 0 fully saturated rings. The third kappa shape index (κ3) is 2.75. The number of hydrogen-bond acceptors (Lipinski definition) is 3. The average molecular weight is 349 g/mol. The third-order valence-corrected chi connectivity index (χ3v) is 4.34. The number of fused-ring (bicyclic) bond motifs is 1. The Labute approximate surface area is 148 Å². The number of nitrogens with zero attached hydrogens (tertiary/aromatic N) is 3. The van der Waals surface area contributed by atoms with E-state index in [2.05, 4.69) is 9.97 Å². The van der Waals surface area contributed by atoms with Gasteiger partial charge in [-0.25, -0.2) is 4.98 Å². The van der Waals surface area contributed by atoms with E-state index >= 15 is 0 Å². The van der Waals surface area contributed by atoms with Crippen molar-refractivity contribution in [2.75, 3.05) is 0 Å². The summed E-state index contributed by atoms with van der Waals surface area (Å²) in [6.45, 7) is 0. The molecule has 0 aliphatic rings. The van der Waals surface area contributed by atoms with Crippen molar-refractivity contribution in [2.45, 2.75) is 0 Å². The van der Waals surface area contributed by atoms with Crippen molar-refractivity contribution in [3.63, 3.8) is 0 Å². The quantitative estimate of drug-likeness (QED) is 0.611. The number of nitrogens with two attached hydrogens (primary N) is 1. The highest BCUT2D eigenvalue weighted by atomic mass is 35.5. The van der Waals surface area contributed by atoms with Crippen LogP contribution >= 0.6 is 11.6 Å². The molecule has 5 nitrogen and oxygen atoms in total. The SMILES string of the molecule is NC(=O)c1ccc2c(c1)ncn2-c1cccc(-c2ccncc2Cl)c1. The number of pyridine rings is 1. The smallest absolute Gasteiger partial charge is 0.248 e. The van der Waals surface area contributed by atoms with E-state index in [1.54, 1.807) is 30.9 Å². The first-order valence-corrected chi connectivity index (χ1v) is 7.98. The molecule has 0 unspecified atom stereocenters. The van der Waals surface area contributed by atoms with Gasteiger partial charge in [-0.05, 0) is 42.0 Å². The van der Waals surface area contributed by atoms with Gasteiger partial charge in [-0.15, -0.1) is 0 Å². The van der Waals surface area contributed by atoms with Crippen LogP contribution in [0.5, 0.6) is 0 Å². The Morgan fingerprint density at radius 3 is 2.80 bits per heavy atom. The van der Waals surface area contributed by atoms with Crippen molar-refractivity contribution in [3.05, 3.63) is 77.8 Å². The van der Waals surface area contributed by atoms with Crippen molar-refractivity contribution >= 4 is 28.5 Å². The van der Waals surface area contributed by atoms with Gasteiger partial charge in [0.25, 0.3) is 0 Å². The van der Waals surface area contributed by atoms with Crippen LogP contribution in [-0.2, 0) is 0 Å². The Morgan fingerprint density at radius 2 is 2.00 bits per heavy atom. The maximum absolute atomic E-state index is 11.3. The molecular formula is C19H13ClN4O. The molecule has 0 saturated heterocycles. The summed E-state index contributed by atoms with van der Waals surface area (Å²) in [7, 11) is 0. The fraction of sp³-hybridized carbons (Fsp3) is 0. The molecule has 0 spiro atoms. The number of carbonyl (C=O) groups is 1. The lowest BCUT2D eigenvalue weighted by molar-refractivity contribution is 0.100. The Bertz CT molecular complexity index is 1100. The fourth-order valence-corrected chi connectivity index (χ4v) is 3.03. The summed E-state index contributed by atoms with van der Waals surface area (Å²) in [5.74, 6) is -0.467. The zero-order valence-electron chi connectivity index (χ0n) is 13.1. The van der Waals surface area contributed by atoms with Crippen LogP contribution in [0.4, 0.5) is 0 Å². The third-order valence-electron chi connectivity index (χ3n) is 4.04. The first kappa shape index (κ1) is 15.4. The fourth-order valence-electron chi connectivity index (χ4n) is 2.80. The van der Waals surface area contributed by atoms with E-state index in [9.17, 15) is 4.79 Å². The van der Waals surface area contributed by atoms with E-state index in [1.807, 2.05) is 41.0 Å². The zero-order valence-corrected chi connectivity index (χ0v) is 13.8. The molecule has 0 saturated carbocycles. The lowest BCUT2D eigenvalue weighted by atomic mass is 10.1. The Kier molecular flexibility index (Phi) is 3.71. The molecule has 0 radical (unpaired) electrons. The van der Waals surface area contributed by atoms with Crippen LogP contribution in [0.25, 0.3) is 27.8 Å². The molecule has 0 atom stereocenters. The first-order valence-electron chi connectivity index (χ1n) is 7.61. The van der Waals surface area contributed by atoms with Crippen molar-refractivity contribution in [2.24, 2.45) is 5.73 Å². The van der Waals surface area contributed by atoms with Gasteiger partial charge in [0.1, 0.15) is 6.33 Å². The number of benzene rings is 2. The molecule has 2 N–H and O–H groups in total. The summed E-state index contributed by atoms with van der Waals surface area (Å²) in [6.07, 6.45) is 5.07. The van der Waals surface area contributed by atoms with Gasteiger partial charge in [0.2, 0.25) is 5.91 Å². The van der Waals surface area contributed by atoms with Crippen molar-refractivity contribution in [3.8, 4) is 16.8 Å². The molecule has 4 rings (SSSR count). The maximum Gasteiger partial charge on any atom is 0.248 e. The number of imidazole rings is 1. The minimum Gasteiger partial charge on any atom is -0.366 e. The zero-order chi connectivity index (χ0) is 17.4. The number of primary amides is 1. The molecular weight excluding hydrogens is 336 g/mol. The molecule has 2 aromatic heterocycles. The molecule has 6 heteroatoms. The van der Waals surface area contributed by atoms with Crippen LogP contribution < -0.4 is 5.73 Å². The Balaban J connectivity index is 1.83. The van der Waals surface area contributed by atoms with Gasteiger partial charge in [0, 0.05) is 29.2 Å². The van der Waals surface area contributed by atoms with E-state index in [-0.39, 0.29) is 0 Å². The number of amides is 1. The van der Waals surface area contributed by atoms with Gasteiger partial charge in [0.05, 0.1) is 16.1 Å². The van der Waals surface area contributed by atoms with Gasteiger partial charge in [-0.1, -0.05) is 23.7 Å². The van der Waals surface area contributed by atoms with Crippen LogP contribution in [0.3, 0.4) is 0 Å². The highest BCUT2D eigenvalue weighted by Gasteiger charge is 2.09. The van der Waals surface area contributed by atoms with E-state index in [4.69, 9.17) is 17.3 Å². The number of carbonyl (C=O) groups excluding carboxylic acids is 1. The molecule has 0 aliphatic carbocycles. The summed E-state index contributed by atoms with van der Waals surface area (Å²) in [6, 6.07) is 15.1. The summed E-state index contributed by atoms with van der Waals surface area (Å²) in [4.78, 5) is 19.7. The number of halogens is 1. The second-order valence-corrected chi connectivity index (χ2v) is 6.00. The minimum absolute atomic E-state index is 0.440. The molecule has 0 aliphatic heterocycles. The molecule has 2 aromatic carbocycles. The predicted octanol–water partition coefficient (Wildman–Crippen LogP) is 3.84. The van der Waals surface area contributed by atoms with E-state index in [1.165, 1.54) is 0 Å². The van der Waals surface area contributed by atoms with Crippen molar-refractivity contribution in [1.82, 2.24) is 14.5 Å². The van der Waals surface area contributed by atoms with Crippen LogP contribution in [0.15, 0.2) is 67.3 Å². The minimum atomic E-state index is -0.467. The maximum atomic E-state index is 11.3. The summed E-state index contributed by atoms with van der Waals surface area (Å²) >= 11 is 6.25. The first-order chi connectivity index (χ1) is 12.1. The lowest BCUT2D eigenvalue weighted by Crippen LogP contribution is -2.10. The Morgan fingerprint density at radius 1 is 1.12 bits per heavy atom. The second kappa shape index (κ2) is 6.03. The normalized spacial score (nSPS) is 10.9. The predicted molar refractivity (Wildman–Crippen MR) is 97.8 cm³/mol. The van der Waals surface area contributed by atoms with Gasteiger partial charge in [-0.2, -0.15) is 0 Å². The monoisotopic (exact) mass is 348 g/mol. The molecule has 0 bridgehead atoms. The topological polar surface area (TPSA) is 73.8 Å². The van der Waals surface area contributed by atoms with Crippen LogP contribution in [0.1, 0.15) is 10.4 Å². The largest absolute Gasteiger partial charge is 0.366 e. The van der Waals surface area contributed by atoms with E-state index < -0.39 is 5.91 Å². The van der Waals surface area contributed by atoms with E-state index in [0.717, 1.165) is 22.3 Å². The van der Waals surface area contributed by atoms with Crippen LogP contribution in [0.2, 0.25) is 5.02 Å². The van der Waals surface area contributed by atoms with Gasteiger partial charge in [-0.3, -0.25) is 14.3 Å². The highest BCUT2D eigenvalue weighted by molar-refractivity contribution is 6.33. The van der Waals surface area contributed by atoms with Crippen molar-refractivity contribution < 1.29 is 4.79 Å². The molecule has 4 aromatic rings. The molecule has 2 heterocycles. The number of hydrogen-bond donors (Lipinski definition) is 1. The average Bonchev–Trinajstić information content (AvgIpc) is 3.05. The summed E-state index contributed by atoms with van der Waals surface area (Å²) in [5, 5.41) is 0.598. The second-order valence-electron chi connectivity index (χ2n) is 5.59. The van der Waals surface area contributed by atoms with Crippen molar-refractivity contribution in [1.29, 1.82) is 0 Å². The van der Waals surface area contributed by atoms with E-state index in [0.29, 0.717) is 16.1 Å². The lowest BCUT2D eigenvalue weighted by Gasteiger charge is -2.09. The molecule has 1 amide bonds. The van der Waals surface area contributed by atoms with Gasteiger partial charge in [0.15, 0.2) is 0 Å². The Hall–Kier alpha value is -3.18. The van der Waals surface area contributed by atoms with Gasteiger partial charge >= 0.3 is 0 Å². The number of rotatable bonds is 3. The standard InChI is InChI=1S/C19H13ClN4O/c20-16-10-22-7-6-15(16)12-2-1-3-14(8-12)24-11-23-17-9-13(19(21)25)4-5-18(17)24/h1-11H,(H2,21,25). The molecule has 122 valence electrons. The number of aromatic nitrogens is 3. The van der Waals surface area contributed by atoms with Crippen LogP contribution in [-0.4, -0.2) is 20.4 Å². The molecule has 25 heavy (non-hydrogen) atoms.